The highest BCUT2D eigenvalue weighted by molar-refractivity contribution is 5.97. The molecule has 2 fully saturated rings. The van der Waals surface area contributed by atoms with E-state index in [-0.39, 0.29) is 11.4 Å². The fraction of sp³-hybridized carbons (Fsp3) is 0.538. The van der Waals surface area contributed by atoms with Crippen molar-refractivity contribution in [2.75, 3.05) is 32.7 Å². The van der Waals surface area contributed by atoms with Crippen LogP contribution in [-0.2, 0) is 6.54 Å². The van der Waals surface area contributed by atoms with Crippen molar-refractivity contribution in [2.45, 2.75) is 58.7 Å². The summed E-state index contributed by atoms with van der Waals surface area (Å²) in [7, 11) is 0. The third-order valence-corrected chi connectivity index (χ3v) is 7.49. The summed E-state index contributed by atoms with van der Waals surface area (Å²) < 4.78 is 0. The van der Waals surface area contributed by atoms with Gasteiger partial charge in [-0.2, -0.15) is 0 Å². The number of amides is 1. The van der Waals surface area contributed by atoms with Gasteiger partial charge in [-0.05, 0) is 69.4 Å². The molecule has 1 aromatic carbocycles. The second-order valence-electron chi connectivity index (χ2n) is 9.68. The zero-order valence-corrected chi connectivity index (χ0v) is 19.5. The predicted molar refractivity (Wildman–Crippen MR) is 125 cm³/mol. The number of piperidine rings is 1. The Morgan fingerprint density at radius 1 is 1.03 bits per heavy atom. The molecule has 0 saturated carbocycles. The number of aromatic nitrogens is 1. The maximum atomic E-state index is 13.2. The van der Waals surface area contributed by atoms with Crippen molar-refractivity contribution in [3.8, 4) is 0 Å². The van der Waals surface area contributed by atoms with E-state index < -0.39 is 0 Å². The third kappa shape index (κ3) is 4.68. The Bertz CT molecular complexity index is 885. The van der Waals surface area contributed by atoms with Gasteiger partial charge in [0, 0.05) is 68.8 Å². The molecule has 2 aliphatic rings. The lowest BCUT2D eigenvalue weighted by Gasteiger charge is -2.51. The number of rotatable bonds is 4. The lowest BCUT2D eigenvalue weighted by atomic mass is 9.86. The SMILES string of the molecule is Cc1cccc(C)c1C(=O)N1CCC(C)(N2CCN(Cc3ccncc3)[C@@H](C)C2)CC1. The van der Waals surface area contributed by atoms with Gasteiger partial charge in [0.15, 0.2) is 0 Å². The van der Waals surface area contributed by atoms with Crippen LogP contribution in [0.15, 0.2) is 42.7 Å². The molecular formula is C26H36N4O. The van der Waals surface area contributed by atoms with Gasteiger partial charge in [0.05, 0.1) is 0 Å². The number of nitrogens with zero attached hydrogens (tertiary/aromatic N) is 4. The molecule has 31 heavy (non-hydrogen) atoms. The summed E-state index contributed by atoms with van der Waals surface area (Å²) >= 11 is 0. The van der Waals surface area contributed by atoms with Gasteiger partial charge in [0.25, 0.3) is 5.91 Å². The summed E-state index contributed by atoms with van der Waals surface area (Å²) in [6.07, 6.45) is 5.84. The van der Waals surface area contributed by atoms with Gasteiger partial charge in [0.2, 0.25) is 0 Å². The zero-order chi connectivity index (χ0) is 22.0. The molecule has 1 aromatic heterocycles. The highest BCUT2D eigenvalue weighted by Crippen LogP contribution is 2.32. The summed E-state index contributed by atoms with van der Waals surface area (Å²) in [5.41, 5.74) is 4.56. The summed E-state index contributed by atoms with van der Waals surface area (Å²) in [6, 6.07) is 10.9. The molecule has 0 bridgehead atoms. The number of pyridine rings is 1. The van der Waals surface area contributed by atoms with E-state index in [2.05, 4.69) is 45.7 Å². The van der Waals surface area contributed by atoms with Gasteiger partial charge < -0.3 is 4.90 Å². The summed E-state index contributed by atoms with van der Waals surface area (Å²) in [4.78, 5) is 24.7. The molecule has 3 heterocycles. The van der Waals surface area contributed by atoms with E-state index >= 15 is 0 Å². The normalized spacial score (nSPS) is 22.5. The number of hydrogen-bond donors (Lipinski definition) is 0. The van der Waals surface area contributed by atoms with Crippen LogP contribution in [0.3, 0.4) is 0 Å². The molecule has 1 amide bonds. The standard InChI is InChI=1S/C26H36N4O/c1-20-6-5-7-21(2)24(20)25(31)28-14-10-26(4,11-15-28)30-17-16-29(22(3)18-30)19-23-8-12-27-13-9-23/h5-9,12-13,22H,10-11,14-19H2,1-4H3/t22-/m0/s1. The van der Waals surface area contributed by atoms with E-state index in [0.29, 0.717) is 6.04 Å². The molecule has 0 N–H and O–H groups in total. The molecule has 2 aromatic rings. The van der Waals surface area contributed by atoms with Crippen LogP contribution in [0.5, 0.6) is 0 Å². The maximum Gasteiger partial charge on any atom is 0.254 e. The van der Waals surface area contributed by atoms with Crippen LogP contribution in [0.25, 0.3) is 0 Å². The quantitative estimate of drug-likeness (QED) is 0.752. The highest BCUT2D eigenvalue weighted by Gasteiger charge is 2.40. The van der Waals surface area contributed by atoms with Crippen LogP contribution >= 0.6 is 0 Å². The molecule has 5 heteroatoms. The van der Waals surface area contributed by atoms with E-state index in [1.54, 1.807) is 0 Å². The first-order valence-corrected chi connectivity index (χ1v) is 11.6. The molecule has 2 saturated heterocycles. The van der Waals surface area contributed by atoms with E-state index in [4.69, 9.17) is 0 Å². The minimum Gasteiger partial charge on any atom is -0.338 e. The van der Waals surface area contributed by atoms with Crippen molar-refractivity contribution in [1.82, 2.24) is 19.7 Å². The summed E-state index contributed by atoms with van der Waals surface area (Å²) in [6.45, 7) is 14.8. The van der Waals surface area contributed by atoms with E-state index in [9.17, 15) is 4.79 Å². The Morgan fingerprint density at radius 3 is 2.29 bits per heavy atom. The fourth-order valence-electron chi connectivity index (χ4n) is 5.26. The largest absolute Gasteiger partial charge is 0.338 e. The molecule has 4 rings (SSSR count). The monoisotopic (exact) mass is 420 g/mol. The lowest BCUT2D eigenvalue weighted by Crippen LogP contribution is -2.61. The molecule has 0 unspecified atom stereocenters. The molecule has 2 aliphatic heterocycles. The van der Waals surface area contributed by atoms with Gasteiger partial charge in [0.1, 0.15) is 0 Å². The maximum absolute atomic E-state index is 13.2. The Balaban J connectivity index is 1.35. The van der Waals surface area contributed by atoms with Crippen molar-refractivity contribution in [2.24, 2.45) is 0 Å². The summed E-state index contributed by atoms with van der Waals surface area (Å²) in [5, 5.41) is 0. The van der Waals surface area contributed by atoms with Gasteiger partial charge in [-0.25, -0.2) is 0 Å². The molecular weight excluding hydrogens is 384 g/mol. The van der Waals surface area contributed by atoms with E-state index in [0.717, 1.165) is 68.8 Å². The van der Waals surface area contributed by atoms with Crippen LogP contribution in [-0.4, -0.2) is 69.9 Å². The Morgan fingerprint density at radius 2 is 1.68 bits per heavy atom. The average molecular weight is 421 g/mol. The van der Waals surface area contributed by atoms with Crippen molar-refractivity contribution in [3.63, 3.8) is 0 Å². The second kappa shape index (κ2) is 9.09. The number of benzene rings is 1. The van der Waals surface area contributed by atoms with Crippen LogP contribution < -0.4 is 0 Å². The van der Waals surface area contributed by atoms with Crippen LogP contribution in [0.2, 0.25) is 0 Å². The molecule has 0 radical (unpaired) electrons. The first kappa shape index (κ1) is 22.0. The lowest BCUT2D eigenvalue weighted by molar-refractivity contribution is -0.0192. The van der Waals surface area contributed by atoms with Crippen molar-refractivity contribution in [1.29, 1.82) is 0 Å². The topological polar surface area (TPSA) is 39.7 Å². The Labute approximate surface area is 187 Å². The number of likely N-dealkylation sites (tertiary alicyclic amines) is 1. The smallest absolute Gasteiger partial charge is 0.254 e. The van der Waals surface area contributed by atoms with Crippen molar-refractivity contribution < 1.29 is 4.79 Å². The van der Waals surface area contributed by atoms with E-state index in [1.165, 1.54) is 5.56 Å². The molecule has 166 valence electrons. The molecule has 0 spiro atoms. The van der Waals surface area contributed by atoms with Crippen LogP contribution in [0.1, 0.15) is 53.7 Å². The highest BCUT2D eigenvalue weighted by atomic mass is 16.2. The average Bonchev–Trinajstić information content (AvgIpc) is 2.76. The number of piperazine rings is 1. The number of aryl methyl sites for hydroxylation is 2. The molecule has 0 aliphatic carbocycles. The molecule has 1 atom stereocenters. The first-order valence-electron chi connectivity index (χ1n) is 11.6. The fourth-order valence-corrected chi connectivity index (χ4v) is 5.26. The van der Waals surface area contributed by atoms with Crippen LogP contribution in [0, 0.1) is 13.8 Å². The van der Waals surface area contributed by atoms with Gasteiger partial charge >= 0.3 is 0 Å². The van der Waals surface area contributed by atoms with Crippen LogP contribution in [0.4, 0.5) is 0 Å². The van der Waals surface area contributed by atoms with E-state index in [1.807, 2.05) is 44.4 Å². The number of carbonyl (C=O) groups excluding carboxylic acids is 1. The van der Waals surface area contributed by atoms with Crippen molar-refractivity contribution in [3.05, 3.63) is 65.0 Å². The first-order chi connectivity index (χ1) is 14.9. The van der Waals surface area contributed by atoms with Crippen molar-refractivity contribution >= 4 is 5.91 Å². The second-order valence-corrected chi connectivity index (χ2v) is 9.68. The Kier molecular flexibility index (Phi) is 6.44. The van der Waals surface area contributed by atoms with Gasteiger partial charge in [-0.15, -0.1) is 0 Å². The predicted octanol–water partition coefficient (Wildman–Crippen LogP) is 3.90. The number of hydrogen-bond acceptors (Lipinski definition) is 4. The Hall–Kier alpha value is -2.24. The minimum atomic E-state index is 0.175. The summed E-state index contributed by atoms with van der Waals surface area (Å²) in [5.74, 6) is 0.202. The van der Waals surface area contributed by atoms with Gasteiger partial charge in [-0.1, -0.05) is 18.2 Å². The minimum absolute atomic E-state index is 0.175. The van der Waals surface area contributed by atoms with Gasteiger partial charge in [-0.3, -0.25) is 19.6 Å². The number of carbonyl (C=O) groups is 1. The zero-order valence-electron chi connectivity index (χ0n) is 19.5. The molecule has 5 nitrogen and oxygen atoms in total. The third-order valence-electron chi connectivity index (χ3n) is 7.49.